The van der Waals surface area contributed by atoms with Crippen LogP contribution < -0.4 is 10.6 Å². The van der Waals surface area contributed by atoms with Crippen molar-refractivity contribution in [3.05, 3.63) is 35.4 Å². The van der Waals surface area contributed by atoms with Crippen LogP contribution in [0.5, 0.6) is 0 Å². The predicted molar refractivity (Wildman–Crippen MR) is 124 cm³/mol. The van der Waals surface area contributed by atoms with Gasteiger partial charge in [0, 0.05) is 52.0 Å². The molecule has 1 heterocycles. The average Bonchev–Trinajstić information content (AvgIpc) is 2.71. The van der Waals surface area contributed by atoms with Gasteiger partial charge in [-0.15, -0.1) is 24.0 Å². The number of guanidine groups is 1. The van der Waals surface area contributed by atoms with E-state index in [1.54, 1.807) is 20.2 Å². The molecule has 0 aliphatic carbocycles. The Bertz CT molecular complexity index is 723. The summed E-state index contributed by atoms with van der Waals surface area (Å²) >= 11 is 0. The van der Waals surface area contributed by atoms with Crippen LogP contribution in [0.4, 0.5) is 13.2 Å². The second kappa shape index (κ2) is 13.7. The van der Waals surface area contributed by atoms with Gasteiger partial charge in [-0.05, 0) is 37.5 Å². The Morgan fingerprint density at radius 2 is 2.03 bits per heavy atom. The lowest BCUT2D eigenvalue weighted by molar-refractivity contribution is -0.137. The lowest BCUT2D eigenvalue weighted by atomic mass is 10.1. The Kier molecular flexibility index (Phi) is 12.1. The molecule has 0 spiro atoms. The van der Waals surface area contributed by atoms with Crippen molar-refractivity contribution in [2.24, 2.45) is 4.99 Å². The number of ether oxygens (including phenoxy) is 1. The number of halogens is 4. The van der Waals surface area contributed by atoms with E-state index in [0.29, 0.717) is 24.1 Å². The third kappa shape index (κ3) is 9.53. The number of alkyl halides is 3. The van der Waals surface area contributed by atoms with Crippen LogP contribution in [0.25, 0.3) is 0 Å². The molecule has 0 unspecified atom stereocenters. The number of nitrogens with one attached hydrogen (secondary N) is 2. The van der Waals surface area contributed by atoms with Gasteiger partial charge in [-0.25, -0.2) is 0 Å². The zero-order chi connectivity index (χ0) is 21.1. The maximum Gasteiger partial charge on any atom is 0.416 e. The minimum atomic E-state index is -4.36. The summed E-state index contributed by atoms with van der Waals surface area (Å²) in [5.74, 6) is 6.26. The molecule has 1 saturated heterocycles. The summed E-state index contributed by atoms with van der Waals surface area (Å²) in [6.07, 6.45) is -1.25. The minimum Gasteiger partial charge on any atom is -0.385 e. The normalized spacial score (nSPS) is 15.7. The molecule has 2 N–H and O–H groups in total. The fourth-order valence-electron chi connectivity index (χ4n) is 3.17. The van der Waals surface area contributed by atoms with Crippen LogP contribution in [0.2, 0.25) is 0 Å². The number of aliphatic imine (C=N–C) groups is 1. The number of methoxy groups -OCH3 is 1. The summed E-state index contributed by atoms with van der Waals surface area (Å²) in [6.45, 7) is 4.21. The monoisotopic (exact) mass is 538 g/mol. The molecular formula is C21H30F3IN4O. The molecule has 0 radical (unpaired) electrons. The number of piperidine rings is 1. The number of nitrogens with zero attached hydrogens (tertiary/aromatic N) is 2. The molecule has 9 heteroatoms. The third-order valence-corrected chi connectivity index (χ3v) is 4.74. The first-order chi connectivity index (χ1) is 13.9. The van der Waals surface area contributed by atoms with Crippen LogP contribution in [0.3, 0.4) is 0 Å². The number of likely N-dealkylation sites (tertiary alicyclic amines) is 1. The van der Waals surface area contributed by atoms with Crippen molar-refractivity contribution in [3.8, 4) is 11.8 Å². The van der Waals surface area contributed by atoms with Gasteiger partial charge in [0.25, 0.3) is 0 Å². The highest BCUT2D eigenvalue weighted by Crippen LogP contribution is 2.29. The standard InChI is InChI=1S/C21H29F3N4O.HI/c1-25-20(27-19-9-13-28(14-10-19)12-5-15-29-2)26-11-4-7-17-6-3-8-18(16-17)21(22,23)24;/h3,6,8,16,19H,5,9-15H2,1-2H3,(H2,25,26,27);1H. The van der Waals surface area contributed by atoms with Crippen molar-refractivity contribution in [1.82, 2.24) is 15.5 Å². The zero-order valence-electron chi connectivity index (χ0n) is 17.4. The molecule has 1 aromatic carbocycles. The van der Waals surface area contributed by atoms with Crippen molar-refractivity contribution in [2.45, 2.75) is 31.5 Å². The Morgan fingerprint density at radius 3 is 2.67 bits per heavy atom. The lowest BCUT2D eigenvalue weighted by Crippen LogP contribution is -2.48. The van der Waals surface area contributed by atoms with Crippen molar-refractivity contribution < 1.29 is 17.9 Å². The molecule has 1 aliphatic rings. The Balaban J connectivity index is 0.00000450. The summed E-state index contributed by atoms with van der Waals surface area (Å²) < 4.78 is 43.3. The SMILES string of the molecule is CN=C(NCC#Cc1cccc(C(F)(F)F)c1)NC1CCN(CCCOC)CC1.I. The largest absolute Gasteiger partial charge is 0.416 e. The Morgan fingerprint density at radius 1 is 1.30 bits per heavy atom. The summed E-state index contributed by atoms with van der Waals surface area (Å²) in [5.41, 5.74) is -0.353. The molecule has 0 amide bonds. The van der Waals surface area contributed by atoms with E-state index in [2.05, 4.69) is 32.4 Å². The second-order valence-corrected chi connectivity index (χ2v) is 6.91. The molecule has 30 heavy (non-hydrogen) atoms. The van der Waals surface area contributed by atoms with E-state index in [1.807, 2.05) is 0 Å². The van der Waals surface area contributed by atoms with Crippen molar-refractivity contribution in [1.29, 1.82) is 0 Å². The van der Waals surface area contributed by atoms with Gasteiger partial charge in [0.2, 0.25) is 0 Å². The van der Waals surface area contributed by atoms with Gasteiger partial charge in [-0.2, -0.15) is 13.2 Å². The highest BCUT2D eigenvalue weighted by Gasteiger charge is 2.30. The van der Waals surface area contributed by atoms with Gasteiger partial charge in [-0.1, -0.05) is 17.9 Å². The molecule has 1 aromatic rings. The maximum absolute atomic E-state index is 12.7. The van der Waals surface area contributed by atoms with E-state index >= 15 is 0 Å². The molecule has 1 aliphatic heterocycles. The van der Waals surface area contributed by atoms with Crippen molar-refractivity contribution >= 4 is 29.9 Å². The molecule has 168 valence electrons. The first-order valence-corrected chi connectivity index (χ1v) is 9.77. The Hall–Kier alpha value is -1.51. The average molecular weight is 538 g/mol. The van der Waals surface area contributed by atoms with Gasteiger partial charge in [0.15, 0.2) is 5.96 Å². The number of hydrogen-bond acceptors (Lipinski definition) is 3. The first kappa shape index (κ1) is 26.5. The number of rotatable bonds is 6. The van der Waals surface area contributed by atoms with Crippen LogP contribution in [-0.4, -0.2) is 63.8 Å². The lowest BCUT2D eigenvalue weighted by Gasteiger charge is -2.32. The van der Waals surface area contributed by atoms with Crippen LogP contribution in [0.15, 0.2) is 29.3 Å². The fourth-order valence-corrected chi connectivity index (χ4v) is 3.17. The molecular weight excluding hydrogens is 508 g/mol. The number of hydrogen-bond donors (Lipinski definition) is 2. The van der Waals surface area contributed by atoms with Crippen LogP contribution in [0.1, 0.15) is 30.4 Å². The smallest absolute Gasteiger partial charge is 0.385 e. The summed E-state index contributed by atoms with van der Waals surface area (Å²) in [7, 11) is 3.41. The van der Waals surface area contributed by atoms with Crippen LogP contribution in [0, 0.1) is 11.8 Å². The molecule has 5 nitrogen and oxygen atoms in total. The molecule has 0 bridgehead atoms. The van der Waals surface area contributed by atoms with E-state index in [1.165, 1.54) is 6.07 Å². The molecule has 0 atom stereocenters. The molecule has 1 fully saturated rings. The molecule has 0 aromatic heterocycles. The van der Waals surface area contributed by atoms with E-state index in [9.17, 15) is 13.2 Å². The highest BCUT2D eigenvalue weighted by atomic mass is 127. The van der Waals surface area contributed by atoms with Gasteiger partial charge in [0.05, 0.1) is 12.1 Å². The highest BCUT2D eigenvalue weighted by molar-refractivity contribution is 14.0. The van der Waals surface area contributed by atoms with Gasteiger partial charge in [-0.3, -0.25) is 4.99 Å². The van der Waals surface area contributed by atoms with Crippen molar-refractivity contribution in [3.63, 3.8) is 0 Å². The Labute approximate surface area is 193 Å². The molecule has 2 rings (SSSR count). The van der Waals surface area contributed by atoms with E-state index in [0.717, 1.165) is 57.6 Å². The third-order valence-electron chi connectivity index (χ3n) is 4.74. The summed E-state index contributed by atoms with van der Waals surface area (Å²) in [6, 6.07) is 5.37. The van der Waals surface area contributed by atoms with E-state index < -0.39 is 11.7 Å². The second-order valence-electron chi connectivity index (χ2n) is 6.91. The number of benzene rings is 1. The van der Waals surface area contributed by atoms with Gasteiger partial charge >= 0.3 is 6.18 Å². The fraction of sp³-hybridized carbons (Fsp3) is 0.571. The van der Waals surface area contributed by atoms with Crippen molar-refractivity contribution in [2.75, 3.05) is 46.9 Å². The topological polar surface area (TPSA) is 48.9 Å². The van der Waals surface area contributed by atoms with Gasteiger partial charge in [0.1, 0.15) is 0 Å². The molecule has 0 saturated carbocycles. The minimum absolute atomic E-state index is 0. The van der Waals surface area contributed by atoms with E-state index in [4.69, 9.17) is 4.74 Å². The quantitative estimate of drug-likeness (QED) is 0.192. The van der Waals surface area contributed by atoms with E-state index in [-0.39, 0.29) is 24.0 Å². The predicted octanol–water partition coefficient (Wildman–Crippen LogP) is 3.34. The van der Waals surface area contributed by atoms with Crippen LogP contribution >= 0.6 is 24.0 Å². The maximum atomic E-state index is 12.7. The zero-order valence-corrected chi connectivity index (χ0v) is 19.7. The first-order valence-electron chi connectivity index (χ1n) is 9.77. The summed E-state index contributed by atoms with van der Waals surface area (Å²) in [5, 5.41) is 6.49. The van der Waals surface area contributed by atoms with Gasteiger partial charge < -0.3 is 20.3 Å². The van der Waals surface area contributed by atoms with Crippen LogP contribution in [-0.2, 0) is 10.9 Å². The summed E-state index contributed by atoms with van der Waals surface area (Å²) in [4.78, 5) is 6.64.